The molecule has 0 heterocycles. The summed E-state index contributed by atoms with van der Waals surface area (Å²) in [6.45, 7) is 13.1. The van der Waals surface area contributed by atoms with Gasteiger partial charge in [-0.05, 0) is 122 Å². The van der Waals surface area contributed by atoms with Crippen molar-refractivity contribution in [3.8, 4) is 0 Å². The van der Waals surface area contributed by atoms with Crippen LogP contribution in [0.25, 0.3) is 0 Å². The molecule has 0 aromatic heterocycles. The van der Waals surface area contributed by atoms with Crippen molar-refractivity contribution in [3.05, 3.63) is 0 Å². The summed E-state index contributed by atoms with van der Waals surface area (Å²) in [5.41, 5.74) is 1.30. The lowest BCUT2D eigenvalue weighted by Crippen LogP contribution is -2.53. The van der Waals surface area contributed by atoms with Crippen LogP contribution in [-0.4, -0.2) is 11.7 Å². The Morgan fingerprint density at radius 2 is 1.53 bits per heavy atom. The molecular formula is C29H52O. The molecule has 0 aromatic carbocycles. The maximum Gasteiger partial charge on any atom is 0.0433 e. The molecule has 0 radical (unpaired) electrons. The minimum Gasteiger partial charge on any atom is -0.396 e. The molecule has 4 fully saturated rings. The monoisotopic (exact) mass is 416 g/mol. The van der Waals surface area contributed by atoms with Gasteiger partial charge in [-0.25, -0.2) is 0 Å². The average Bonchev–Trinajstić information content (AvgIpc) is 3.07. The van der Waals surface area contributed by atoms with E-state index in [1.165, 1.54) is 64.2 Å². The zero-order valence-corrected chi connectivity index (χ0v) is 21.0. The van der Waals surface area contributed by atoms with Crippen LogP contribution in [-0.2, 0) is 0 Å². The molecule has 0 aliphatic heterocycles. The van der Waals surface area contributed by atoms with E-state index in [-0.39, 0.29) is 0 Å². The van der Waals surface area contributed by atoms with E-state index < -0.39 is 0 Å². The van der Waals surface area contributed by atoms with Crippen molar-refractivity contribution in [2.75, 3.05) is 6.61 Å². The molecule has 0 bridgehead atoms. The van der Waals surface area contributed by atoms with Crippen molar-refractivity contribution in [3.63, 3.8) is 0 Å². The molecule has 4 aliphatic carbocycles. The number of aliphatic hydroxyl groups excluding tert-OH is 1. The number of fused-ring (bicyclic) bond motifs is 5. The lowest BCUT2D eigenvalue weighted by atomic mass is 9.44. The Morgan fingerprint density at radius 3 is 2.27 bits per heavy atom. The number of hydrogen-bond donors (Lipinski definition) is 1. The van der Waals surface area contributed by atoms with Gasteiger partial charge in [0.1, 0.15) is 0 Å². The van der Waals surface area contributed by atoms with Gasteiger partial charge < -0.3 is 5.11 Å². The van der Waals surface area contributed by atoms with E-state index in [0.717, 1.165) is 41.9 Å². The summed E-state index contributed by atoms with van der Waals surface area (Å²) in [5, 5.41) is 9.47. The smallest absolute Gasteiger partial charge is 0.0433 e. The molecule has 4 rings (SSSR count). The van der Waals surface area contributed by atoms with E-state index in [9.17, 15) is 5.11 Å². The number of rotatable bonds is 7. The summed E-state index contributed by atoms with van der Waals surface area (Å²) >= 11 is 0. The van der Waals surface area contributed by atoms with Crippen LogP contribution in [0.3, 0.4) is 0 Å². The van der Waals surface area contributed by atoms with Gasteiger partial charge in [-0.3, -0.25) is 0 Å². The minimum atomic E-state index is 0.364. The summed E-state index contributed by atoms with van der Waals surface area (Å²) in [4.78, 5) is 0. The first-order chi connectivity index (χ1) is 14.3. The molecule has 174 valence electrons. The van der Waals surface area contributed by atoms with E-state index in [4.69, 9.17) is 0 Å². The van der Waals surface area contributed by atoms with Gasteiger partial charge in [0, 0.05) is 6.61 Å². The summed E-state index contributed by atoms with van der Waals surface area (Å²) < 4.78 is 0. The van der Waals surface area contributed by atoms with Crippen LogP contribution in [0, 0.1) is 58.2 Å². The normalized spacial score (nSPS) is 45.5. The third-order valence-electron chi connectivity index (χ3n) is 11.8. The zero-order valence-electron chi connectivity index (χ0n) is 21.0. The minimum absolute atomic E-state index is 0.364. The highest BCUT2D eigenvalue weighted by Gasteiger charge is 2.60. The molecule has 0 amide bonds. The molecule has 4 aliphatic rings. The molecular weight excluding hydrogens is 364 g/mol. The Kier molecular flexibility index (Phi) is 6.99. The lowest BCUT2D eigenvalue weighted by molar-refractivity contribution is -0.114. The third-order valence-corrected chi connectivity index (χ3v) is 11.8. The van der Waals surface area contributed by atoms with Gasteiger partial charge in [0.25, 0.3) is 0 Å². The largest absolute Gasteiger partial charge is 0.396 e. The first-order valence-electron chi connectivity index (χ1n) is 13.9. The van der Waals surface area contributed by atoms with E-state index >= 15 is 0 Å². The molecule has 9 atom stereocenters. The topological polar surface area (TPSA) is 20.2 Å². The Morgan fingerprint density at radius 1 is 0.767 bits per heavy atom. The van der Waals surface area contributed by atoms with Crippen LogP contribution in [0.1, 0.15) is 118 Å². The molecule has 0 aromatic rings. The first kappa shape index (κ1) is 23.1. The Labute approximate surface area is 188 Å². The van der Waals surface area contributed by atoms with Crippen LogP contribution in [0.4, 0.5) is 0 Å². The fourth-order valence-corrected chi connectivity index (χ4v) is 9.93. The third kappa shape index (κ3) is 3.92. The van der Waals surface area contributed by atoms with Crippen molar-refractivity contribution in [1.29, 1.82) is 0 Å². The molecule has 1 heteroatoms. The SMILES string of the molecule is CC(C)[C@H](CCO)CC[C@@H](C)[C@H]1CC[C@H]2[C@@H]3CCC4CCCC[C@]4(C)[C@H]3CC[C@]12C. The fourth-order valence-electron chi connectivity index (χ4n) is 9.93. The number of hydrogen-bond acceptors (Lipinski definition) is 1. The van der Waals surface area contributed by atoms with Gasteiger partial charge in [-0.2, -0.15) is 0 Å². The number of aliphatic hydroxyl groups is 1. The Balaban J connectivity index is 1.43. The van der Waals surface area contributed by atoms with E-state index in [1.807, 2.05) is 0 Å². The zero-order chi connectivity index (χ0) is 21.5. The maximum absolute atomic E-state index is 9.47. The van der Waals surface area contributed by atoms with Gasteiger partial charge in [0.2, 0.25) is 0 Å². The van der Waals surface area contributed by atoms with Crippen LogP contribution in [0.5, 0.6) is 0 Å². The van der Waals surface area contributed by atoms with Crippen LogP contribution >= 0.6 is 0 Å². The van der Waals surface area contributed by atoms with Crippen LogP contribution in [0.15, 0.2) is 0 Å². The average molecular weight is 417 g/mol. The molecule has 0 spiro atoms. The van der Waals surface area contributed by atoms with E-state index in [0.29, 0.717) is 29.3 Å². The molecule has 30 heavy (non-hydrogen) atoms. The van der Waals surface area contributed by atoms with Gasteiger partial charge in [0.15, 0.2) is 0 Å². The fraction of sp³-hybridized carbons (Fsp3) is 1.00. The van der Waals surface area contributed by atoms with E-state index in [1.54, 1.807) is 12.8 Å². The second-order valence-corrected chi connectivity index (χ2v) is 13.2. The summed E-state index contributed by atoms with van der Waals surface area (Å²) in [7, 11) is 0. The van der Waals surface area contributed by atoms with Crippen molar-refractivity contribution in [2.24, 2.45) is 58.2 Å². The standard InChI is InChI=1S/C29H52O/c1-20(2)22(16-19-30)10-9-21(3)25-13-14-26-24-12-11-23-8-6-7-17-28(23,4)27(24)15-18-29(25,26)5/h20-27,30H,6-19H2,1-5H3/t21-,22+,23?,24+,25-,26+,27+,28+,29-/m1/s1. The highest BCUT2D eigenvalue weighted by Crippen LogP contribution is 2.68. The summed E-state index contributed by atoms with van der Waals surface area (Å²) in [6.07, 6.45) is 18.9. The molecule has 4 saturated carbocycles. The van der Waals surface area contributed by atoms with E-state index in [2.05, 4.69) is 34.6 Å². The highest BCUT2D eigenvalue weighted by molar-refractivity contribution is 5.09. The molecule has 1 nitrogen and oxygen atoms in total. The van der Waals surface area contributed by atoms with Gasteiger partial charge in [0.05, 0.1) is 0 Å². The quantitative estimate of drug-likeness (QED) is 0.444. The van der Waals surface area contributed by atoms with Crippen molar-refractivity contribution in [2.45, 2.75) is 118 Å². The second-order valence-electron chi connectivity index (χ2n) is 13.2. The summed E-state index contributed by atoms with van der Waals surface area (Å²) in [5.74, 6) is 7.36. The Bertz CT molecular complexity index is 569. The Hall–Kier alpha value is -0.0400. The lowest BCUT2D eigenvalue weighted by Gasteiger charge is -2.61. The maximum atomic E-state index is 9.47. The molecule has 1 unspecified atom stereocenters. The van der Waals surface area contributed by atoms with Gasteiger partial charge >= 0.3 is 0 Å². The van der Waals surface area contributed by atoms with Crippen molar-refractivity contribution in [1.82, 2.24) is 0 Å². The first-order valence-corrected chi connectivity index (χ1v) is 13.9. The van der Waals surface area contributed by atoms with Gasteiger partial charge in [-0.15, -0.1) is 0 Å². The van der Waals surface area contributed by atoms with Gasteiger partial charge in [-0.1, -0.05) is 53.9 Å². The second kappa shape index (κ2) is 9.07. The molecule has 0 saturated heterocycles. The van der Waals surface area contributed by atoms with Crippen LogP contribution in [0.2, 0.25) is 0 Å². The predicted molar refractivity (Wildman–Crippen MR) is 128 cm³/mol. The predicted octanol–water partition coefficient (Wildman–Crippen LogP) is 8.11. The van der Waals surface area contributed by atoms with Crippen LogP contribution < -0.4 is 0 Å². The van der Waals surface area contributed by atoms with Crippen molar-refractivity contribution >= 4 is 0 Å². The highest BCUT2D eigenvalue weighted by atomic mass is 16.3. The summed E-state index contributed by atoms with van der Waals surface area (Å²) in [6, 6.07) is 0. The molecule has 1 N–H and O–H groups in total. The van der Waals surface area contributed by atoms with Crippen molar-refractivity contribution < 1.29 is 5.11 Å².